The first-order chi connectivity index (χ1) is 9.70. The van der Waals surface area contributed by atoms with E-state index in [1.807, 2.05) is 6.92 Å². The lowest BCUT2D eigenvalue weighted by Crippen LogP contribution is -2.32. The van der Waals surface area contributed by atoms with Crippen LogP contribution in [0.4, 0.5) is 11.4 Å². The molecule has 1 aromatic carbocycles. The molecule has 0 aliphatic carbocycles. The molecule has 1 amide bonds. The van der Waals surface area contributed by atoms with Gasteiger partial charge in [0.05, 0.1) is 22.3 Å². The number of rotatable bonds is 6. The SMILES string of the molecule is CCNc1ccc(S(=O)(=O)N(C)C)cc1NC(=O)[C@H](C)N.Cl. The molecule has 4 N–H and O–H groups in total. The molecule has 9 heteroatoms. The summed E-state index contributed by atoms with van der Waals surface area (Å²) in [6.45, 7) is 4.10. The molecular weight excluding hydrogens is 328 g/mol. The molecular formula is C13H23ClN4O3S. The smallest absolute Gasteiger partial charge is 0.242 e. The molecule has 0 bridgehead atoms. The monoisotopic (exact) mass is 350 g/mol. The van der Waals surface area contributed by atoms with Crippen LogP contribution in [0, 0.1) is 0 Å². The van der Waals surface area contributed by atoms with E-state index >= 15 is 0 Å². The van der Waals surface area contributed by atoms with Crippen LogP contribution in [0.3, 0.4) is 0 Å². The summed E-state index contributed by atoms with van der Waals surface area (Å²) in [6, 6.07) is 3.85. The number of nitrogens with one attached hydrogen (secondary N) is 2. The number of halogens is 1. The van der Waals surface area contributed by atoms with Crippen molar-refractivity contribution in [3.05, 3.63) is 18.2 Å². The Morgan fingerprint density at radius 2 is 1.91 bits per heavy atom. The average Bonchev–Trinajstić information content (AvgIpc) is 2.40. The predicted octanol–water partition coefficient (Wildman–Crippen LogP) is 1.08. The minimum absolute atomic E-state index is 0. The lowest BCUT2D eigenvalue weighted by molar-refractivity contribution is -0.117. The molecule has 22 heavy (non-hydrogen) atoms. The second-order valence-electron chi connectivity index (χ2n) is 4.80. The van der Waals surface area contributed by atoms with E-state index in [0.717, 1.165) is 4.31 Å². The number of hydrogen-bond donors (Lipinski definition) is 3. The number of carbonyl (C=O) groups excluding carboxylic acids is 1. The minimum Gasteiger partial charge on any atom is -0.384 e. The topological polar surface area (TPSA) is 105 Å². The highest BCUT2D eigenvalue weighted by Gasteiger charge is 2.19. The molecule has 1 rings (SSSR count). The van der Waals surface area contributed by atoms with Gasteiger partial charge in [0, 0.05) is 20.6 Å². The van der Waals surface area contributed by atoms with E-state index in [1.54, 1.807) is 13.0 Å². The Labute approximate surface area is 137 Å². The summed E-state index contributed by atoms with van der Waals surface area (Å²) < 4.78 is 25.4. The van der Waals surface area contributed by atoms with Gasteiger partial charge in [-0.1, -0.05) is 0 Å². The molecule has 0 fully saturated rings. The summed E-state index contributed by atoms with van der Waals surface area (Å²) in [7, 11) is -0.660. The Morgan fingerprint density at radius 1 is 1.32 bits per heavy atom. The maximum absolute atomic E-state index is 12.1. The Balaban J connectivity index is 0.00000441. The van der Waals surface area contributed by atoms with Crippen molar-refractivity contribution in [2.24, 2.45) is 5.73 Å². The Morgan fingerprint density at radius 3 is 2.36 bits per heavy atom. The van der Waals surface area contributed by atoms with Crippen molar-refractivity contribution in [3.8, 4) is 0 Å². The van der Waals surface area contributed by atoms with Crippen molar-refractivity contribution >= 4 is 39.7 Å². The molecule has 0 radical (unpaired) electrons. The van der Waals surface area contributed by atoms with E-state index in [1.165, 1.54) is 26.2 Å². The number of hydrogen-bond acceptors (Lipinski definition) is 5. The molecule has 0 saturated carbocycles. The van der Waals surface area contributed by atoms with Gasteiger partial charge in [0.2, 0.25) is 15.9 Å². The number of nitrogens with two attached hydrogens (primary N) is 1. The molecule has 0 spiro atoms. The van der Waals surface area contributed by atoms with Crippen LogP contribution in [0.25, 0.3) is 0 Å². The molecule has 0 aliphatic heterocycles. The number of benzene rings is 1. The van der Waals surface area contributed by atoms with E-state index < -0.39 is 16.1 Å². The lowest BCUT2D eigenvalue weighted by atomic mass is 10.2. The third-order valence-corrected chi connectivity index (χ3v) is 4.62. The number of nitrogens with zero attached hydrogens (tertiary/aromatic N) is 1. The van der Waals surface area contributed by atoms with Gasteiger partial charge in [0.25, 0.3) is 0 Å². The summed E-state index contributed by atoms with van der Waals surface area (Å²) in [4.78, 5) is 11.8. The summed E-state index contributed by atoms with van der Waals surface area (Å²) in [5, 5.41) is 5.70. The van der Waals surface area contributed by atoms with Crippen molar-refractivity contribution in [2.45, 2.75) is 24.8 Å². The molecule has 1 atom stereocenters. The van der Waals surface area contributed by atoms with Gasteiger partial charge >= 0.3 is 0 Å². The molecule has 126 valence electrons. The Kier molecular flexibility index (Phi) is 7.82. The second kappa shape index (κ2) is 8.33. The van der Waals surface area contributed by atoms with Crippen molar-refractivity contribution in [3.63, 3.8) is 0 Å². The molecule has 0 unspecified atom stereocenters. The van der Waals surface area contributed by atoms with Gasteiger partial charge in [-0.25, -0.2) is 12.7 Å². The van der Waals surface area contributed by atoms with Gasteiger partial charge in [-0.05, 0) is 32.0 Å². The fourth-order valence-corrected chi connectivity index (χ4v) is 2.52. The zero-order valence-electron chi connectivity index (χ0n) is 13.1. The van der Waals surface area contributed by atoms with Crippen LogP contribution in [0.5, 0.6) is 0 Å². The summed E-state index contributed by atoms with van der Waals surface area (Å²) in [6.07, 6.45) is 0. The zero-order chi connectivity index (χ0) is 16.2. The first-order valence-electron chi connectivity index (χ1n) is 6.57. The quantitative estimate of drug-likeness (QED) is 0.712. The van der Waals surface area contributed by atoms with E-state index in [2.05, 4.69) is 10.6 Å². The lowest BCUT2D eigenvalue weighted by Gasteiger charge is -2.17. The van der Waals surface area contributed by atoms with E-state index in [-0.39, 0.29) is 23.2 Å². The highest BCUT2D eigenvalue weighted by molar-refractivity contribution is 7.89. The van der Waals surface area contributed by atoms with Gasteiger partial charge in [0.1, 0.15) is 0 Å². The minimum atomic E-state index is -3.56. The number of carbonyl (C=O) groups is 1. The molecule has 0 saturated heterocycles. The normalized spacial score (nSPS) is 12.5. The van der Waals surface area contributed by atoms with E-state index in [0.29, 0.717) is 17.9 Å². The van der Waals surface area contributed by atoms with Gasteiger partial charge in [0.15, 0.2) is 0 Å². The number of amides is 1. The van der Waals surface area contributed by atoms with Crippen molar-refractivity contribution in [2.75, 3.05) is 31.3 Å². The van der Waals surface area contributed by atoms with Crippen LogP contribution in [0.2, 0.25) is 0 Å². The maximum Gasteiger partial charge on any atom is 0.242 e. The molecule has 0 aliphatic rings. The Bertz CT molecular complexity index is 618. The van der Waals surface area contributed by atoms with E-state index in [9.17, 15) is 13.2 Å². The zero-order valence-corrected chi connectivity index (χ0v) is 14.7. The summed E-state index contributed by atoms with van der Waals surface area (Å²) >= 11 is 0. The van der Waals surface area contributed by atoms with Crippen LogP contribution >= 0.6 is 12.4 Å². The predicted molar refractivity (Wildman–Crippen MR) is 91.0 cm³/mol. The largest absolute Gasteiger partial charge is 0.384 e. The molecule has 0 heterocycles. The van der Waals surface area contributed by atoms with Gasteiger partial charge in [-0.2, -0.15) is 0 Å². The third kappa shape index (κ3) is 4.84. The molecule has 0 aromatic heterocycles. The van der Waals surface area contributed by atoms with Crippen LogP contribution in [-0.2, 0) is 14.8 Å². The van der Waals surface area contributed by atoms with Crippen LogP contribution in [0.15, 0.2) is 23.1 Å². The van der Waals surface area contributed by atoms with Gasteiger partial charge in [-0.15, -0.1) is 12.4 Å². The summed E-state index contributed by atoms with van der Waals surface area (Å²) in [5.74, 6) is -0.381. The molecule has 7 nitrogen and oxygen atoms in total. The average molecular weight is 351 g/mol. The van der Waals surface area contributed by atoms with Crippen molar-refractivity contribution in [1.82, 2.24) is 4.31 Å². The Hall–Kier alpha value is -1.35. The number of sulfonamides is 1. The van der Waals surface area contributed by atoms with Crippen LogP contribution in [0.1, 0.15) is 13.8 Å². The van der Waals surface area contributed by atoms with Crippen LogP contribution < -0.4 is 16.4 Å². The van der Waals surface area contributed by atoms with Gasteiger partial charge in [-0.3, -0.25) is 4.79 Å². The van der Waals surface area contributed by atoms with Crippen molar-refractivity contribution in [1.29, 1.82) is 0 Å². The number of anilines is 2. The fourth-order valence-electron chi connectivity index (χ4n) is 1.59. The summed E-state index contributed by atoms with van der Waals surface area (Å²) in [5.41, 5.74) is 6.55. The van der Waals surface area contributed by atoms with Crippen molar-refractivity contribution < 1.29 is 13.2 Å². The highest BCUT2D eigenvalue weighted by atomic mass is 35.5. The maximum atomic E-state index is 12.1. The standard InChI is InChI=1S/C13H22N4O3S.ClH/c1-5-15-11-7-6-10(21(19,20)17(3)4)8-12(11)16-13(18)9(2)14;/h6-9,15H,5,14H2,1-4H3,(H,16,18);1H/t9-;/m0./s1. The second-order valence-corrected chi connectivity index (χ2v) is 6.95. The first-order valence-corrected chi connectivity index (χ1v) is 8.01. The fraction of sp³-hybridized carbons (Fsp3) is 0.462. The first kappa shape index (κ1) is 20.6. The van der Waals surface area contributed by atoms with Crippen LogP contribution in [-0.4, -0.2) is 45.3 Å². The van der Waals surface area contributed by atoms with E-state index in [4.69, 9.17) is 5.73 Å². The van der Waals surface area contributed by atoms with Gasteiger partial charge < -0.3 is 16.4 Å². The molecule has 1 aromatic rings. The highest BCUT2D eigenvalue weighted by Crippen LogP contribution is 2.26. The third-order valence-electron chi connectivity index (χ3n) is 2.81.